The van der Waals surface area contributed by atoms with E-state index >= 15 is 4.39 Å². The van der Waals surface area contributed by atoms with Crippen LogP contribution in [0.25, 0.3) is 11.1 Å². The second-order valence-corrected chi connectivity index (χ2v) is 9.92. The highest BCUT2D eigenvalue weighted by molar-refractivity contribution is 6.07. The Bertz CT molecular complexity index is 1430. The third-order valence-electron chi connectivity index (χ3n) is 7.09. The highest BCUT2D eigenvalue weighted by Crippen LogP contribution is 2.37. The van der Waals surface area contributed by atoms with E-state index in [1.165, 1.54) is 25.4 Å². The number of methoxy groups -OCH3 is 1. The van der Waals surface area contributed by atoms with E-state index in [9.17, 15) is 22.8 Å². The zero-order valence-electron chi connectivity index (χ0n) is 23.0. The van der Waals surface area contributed by atoms with Crippen molar-refractivity contribution in [2.45, 2.75) is 32.1 Å². The van der Waals surface area contributed by atoms with Crippen LogP contribution >= 0.6 is 0 Å². The maximum absolute atomic E-state index is 15.6. The molecule has 2 unspecified atom stereocenters. The first-order valence-corrected chi connectivity index (χ1v) is 12.9. The highest BCUT2D eigenvalue weighted by atomic mass is 19.4. The van der Waals surface area contributed by atoms with Gasteiger partial charge in [0.2, 0.25) is 11.4 Å². The van der Waals surface area contributed by atoms with Gasteiger partial charge in [-0.25, -0.2) is 9.37 Å². The number of pyridine rings is 2. The SMILES string of the molecule is COCCOc1ccc(-c2cc(NC(=O)c3c[nH]c(=O)cc3C(F)(F)F)c(N3CC(C)N(C)C(C)C3)cc2F)cn1. The van der Waals surface area contributed by atoms with Crippen molar-refractivity contribution in [3.8, 4) is 17.0 Å². The summed E-state index contributed by atoms with van der Waals surface area (Å²) in [5, 5.41) is 2.54. The van der Waals surface area contributed by atoms with Crippen LogP contribution in [0, 0.1) is 5.82 Å². The molecule has 0 bridgehead atoms. The summed E-state index contributed by atoms with van der Waals surface area (Å²) in [6, 6.07) is 6.26. The molecule has 1 saturated heterocycles. The fourth-order valence-electron chi connectivity index (χ4n) is 4.69. The number of alkyl halides is 3. The molecule has 0 aliphatic carbocycles. The summed E-state index contributed by atoms with van der Waals surface area (Å²) in [5.41, 5.74) is -2.28. The van der Waals surface area contributed by atoms with Gasteiger partial charge in [-0.3, -0.25) is 14.5 Å². The minimum Gasteiger partial charge on any atom is -0.475 e. The van der Waals surface area contributed by atoms with Crippen molar-refractivity contribution >= 4 is 17.3 Å². The van der Waals surface area contributed by atoms with E-state index in [0.717, 1.165) is 6.20 Å². The van der Waals surface area contributed by atoms with Gasteiger partial charge in [0.1, 0.15) is 12.4 Å². The van der Waals surface area contributed by atoms with E-state index in [0.29, 0.717) is 42.9 Å². The third kappa shape index (κ3) is 6.85. The predicted octanol–water partition coefficient (Wildman–Crippen LogP) is 4.40. The number of nitrogens with one attached hydrogen (secondary N) is 2. The molecule has 1 fully saturated rings. The number of carbonyl (C=O) groups is 1. The Labute approximate surface area is 234 Å². The number of nitrogens with zero attached hydrogens (tertiary/aromatic N) is 3. The van der Waals surface area contributed by atoms with Crippen molar-refractivity contribution in [2.75, 3.05) is 50.7 Å². The van der Waals surface area contributed by atoms with Crippen LogP contribution in [0.1, 0.15) is 29.8 Å². The fraction of sp³-hybridized carbons (Fsp3) is 0.393. The predicted molar refractivity (Wildman–Crippen MR) is 146 cm³/mol. The Morgan fingerprint density at radius 2 is 1.85 bits per heavy atom. The summed E-state index contributed by atoms with van der Waals surface area (Å²) in [6.45, 7) is 5.62. The van der Waals surface area contributed by atoms with Crippen LogP contribution in [-0.4, -0.2) is 73.3 Å². The molecular formula is C28H31F4N5O4. The lowest BCUT2D eigenvalue weighted by Gasteiger charge is -2.44. The normalized spacial score (nSPS) is 17.9. The minimum absolute atomic E-state index is 0.0766. The number of piperazine rings is 1. The lowest BCUT2D eigenvalue weighted by molar-refractivity contribution is -0.138. The van der Waals surface area contributed by atoms with Gasteiger partial charge in [0.25, 0.3) is 5.91 Å². The standard InChI is InChI=1S/C28H31F4N5O4/c1-16-14-37(15-17(2)36(16)3)24-11-22(29)19(18-5-6-26(34-12-18)41-8-7-40-4)9-23(24)35-27(39)20-13-33-25(38)10-21(20)28(30,31)32/h5-6,9-13,16-17H,7-8,14-15H2,1-4H3,(H,33,38)(H,35,39). The summed E-state index contributed by atoms with van der Waals surface area (Å²) in [7, 11) is 3.51. The number of amides is 1. The summed E-state index contributed by atoms with van der Waals surface area (Å²) in [5.74, 6) is -1.41. The van der Waals surface area contributed by atoms with Gasteiger partial charge in [0.05, 0.1) is 29.1 Å². The van der Waals surface area contributed by atoms with Gasteiger partial charge in [0.15, 0.2) is 0 Å². The first kappa shape index (κ1) is 30.0. The molecule has 1 amide bonds. The van der Waals surface area contributed by atoms with Crippen LogP contribution in [0.15, 0.2) is 47.5 Å². The van der Waals surface area contributed by atoms with Gasteiger partial charge in [-0.05, 0) is 39.1 Å². The number of aromatic amines is 1. The first-order valence-electron chi connectivity index (χ1n) is 12.9. The number of anilines is 2. The van der Waals surface area contributed by atoms with Gasteiger partial charge < -0.3 is 24.7 Å². The molecule has 0 saturated carbocycles. The smallest absolute Gasteiger partial charge is 0.417 e. The van der Waals surface area contributed by atoms with E-state index in [2.05, 4.69) is 20.2 Å². The molecule has 2 atom stereocenters. The zero-order valence-corrected chi connectivity index (χ0v) is 23.0. The molecule has 41 heavy (non-hydrogen) atoms. The molecule has 1 aliphatic heterocycles. The van der Waals surface area contributed by atoms with Crippen LogP contribution in [0.5, 0.6) is 5.88 Å². The Kier molecular flexibility index (Phi) is 8.98. The molecule has 1 aliphatic rings. The number of halogens is 4. The van der Waals surface area contributed by atoms with E-state index in [1.807, 2.05) is 25.8 Å². The van der Waals surface area contributed by atoms with Gasteiger partial charge in [0, 0.05) is 67.9 Å². The molecule has 220 valence electrons. The molecule has 2 aromatic heterocycles. The average Bonchev–Trinajstić information content (AvgIpc) is 2.92. The molecule has 3 aromatic rings. The second kappa shape index (κ2) is 12.3. The number of ether oxygens (including phenoxy) is 2. The molecule has 9 nitrogen and oxygen atoms in total. The maximum atomic E-state index is 15.6. The summed E-state index contributed by atoms with van der Waals surface area (Å²) < 4.78 is 67.0. The molecule has 3 heterocycles. The zero-order chi connectivity index (χ0) is 29.9. The van der Waals surface area contributed by atoms with E-state index in [4.69, 9.17) is 9.47 Å². The van der Waals surface area contributed by atoms with Crippen molar-refractivity contribution in [1.82, 2.24) is 14.9 Å². The lowest BCUT2D eigenvalue weighted by atomic mass is 10.0. The number of likely N-dealkylation sites (N-methyl/N-ethyl adjacent to an activating group) is 1. The molecular weight excluding hydrogens is 546 g/mol. The summed E-state index contributed by atoms with van der Waals surface area (Å²) >= 11 is 0. The van der Waals surface area contributed by atoms with Crippen LogP contribution in [-0.2, 0) is 10.9 Å². The minimum atomic E-state index is -4.95. The van der Waals surface area contributed by atoms with Crippen molar-refractivity contribution in [3.05, 3.63) is 70.0 Å². The quantitative estimate of drug-likeness (QED) is 0.303. The maximum Gasteiger partial charge on any atom is 0.417 e. The van der Waals surface area contributed by atoms with Crippen molar-refractivity contribution in [2.24, 2.45) is 0 Å². The first-order chi connectivity index (χ1) is 19.4. The van der Waals surface area contributed by atoms with Gasteiger partial charge >= 0.3 is 6.18 Å². The number of aromatic nitrogens is 2. The molecule has 0 spiro atoms. The number of hydrogen-bond donors (Lipinski definition) is 2. The Balaban J connectivity index is 1.75. The van der Waals surface area contributed by atoms with Crippen LogP contribution in [0.4, 0.5) is 28.9 Å². The van der Waals surface area contributed by atoms with Crippen LogP contribution in [0.3, 0.4) is 0 Å². The molecule has 1 aromatic carbocycles. The number of hydrogen-bond acceptors (Lipinski definition) is 7. The molecule has 13 heteroatoms. The third-order valence-corrected chi connectivity index (χ3v) is 7.09. The van der Waals surface area contributed by atoms with E-state index < -0.39 is 34.6 Å². The topological polar surface area (TPSA) is 99.8 Å². The second-order valence-electron chi connectivity index (χ2n) is 9.92. The number of benzene rings is 1. The molecule has 4 rings (SSSR count). The van der Waals surface area contributed by atoms with Crippen LogP contribution < -0.4 is 20.5 Å². The average molecular weight is 578 g/mol. The van der Waals surface area contributed by atoms with E-state index in [-0.39, 0.29) is 29.9 Å². The van der Waals surface area contributed by atoms with Crippen molar-refractivity contribution in [3.63, 3.8) is 0 Å². The summed E-state index contributed by atoms with van der Waals surface area (Å²) in [4.78, 5) is 35.2. The van der Waals surface area contributed by atoms with Crippen molar-refractivity contribution in [1.29, 1.82) is 0 Å². The highest BCUT2D eigenvalue weighted by Gasteiger charge is 2.36. The number of carbonyl (C=O) groups excluding carboxylic acids is 1. The van der Waals surface area contributed by atoms with E-state index in [1.54, 1.807) is 12.1 Å². The monoisotopic (exact) mass is 577 g/mol. The molecule has 2 N–H and O–H groups in total. The largest absolute Gasteiger partial charge is 0.475 e. The Morgan fingerprint density at radius 3 is 2.46 bits per heavy atom. The van der Waals surface area contributed by atoms with Crippen molar-refractivity contribution < 1.29 is 31.8 Å². The van der Waals surface area contributed by atoms with Gasteiger partial charge in [-0.15, -0.1) is 0 Å². The fourth-order valence-corrected chi connectivity index (χ4v) is 4.69. The van der Waals surface area contributed by atoms with Gasteiger partial charge in [-0.1, -0.05) is 0 Å². The van der Waals surface area contributed by atoms with Crippen LogP contribution in [0.2, 0.25) is 0 Å². The summed E-state index contributed by atoms with van der Waals surface area (Å²) in [6.07, 6.45) is -2.83. The van der Waals surface area contributed by atoms with Gasteiger partial charge in [-0.2, -0.15) is 13.2 Å². The lowest BCUT2D eigenvalue weighted by Crippen LogP contribution is -2.55. The number of rotatable bonds is 8. The number of H-pyrrole nitrogens is 1. The molecule has 0 radical (unpaired) electrons. The Morgan fingerprint density at radius 1 is 1.15 bits per heavy atom. The Hall–Kier alpha value is -3.97.